The molecule has 1 aliphatic heterocycles. The van der Waals surface area contributed by atoms with Gasteiger partial charge in [-0.3, -0.25) is 4.99 Å². The van der Waals surface area contributed by atoms with Crippen LogP contribution >= 0.6 is 0 Å². The summed E-state index contributed by atoms with van der Waals surface area (Å²) in [5.74, 6) is 0.918. The van der Waals surface area contributed by atoms with E-state index in [2.05, 4.69) is 24.9 Å². The second-order valence-corrected chi connectivity index (χ2v) is 4.28. The first-order valence-corrected chi connectivity index (χ1v) is 4.83. The second kappa shape index (κ2) is 3.12. The molecule has 0 fully saturated rings. The molecular formula is C12H15NO. The number of ether oxygens (including phenoxy) is 1. The van der Waals surface area contributed by atoms with Crippen LogP contribution in [-0.4, -0.2) is 18.9 Å². The van der Waals surface area contributed by atoms with Gasteiger partial charge in [0, 0.05) is 11.8 Å². The molecule has 1 aromatic carbocycles. The summed E-state index contributed by atoms with van der Waals surface area (Å²) >= 11 is 0. The topological polar surface area (TPSA) is 21.6 Å². The van der Waals surface area contributed by atoms with E-state index < -0.39 is 0 Å². The molecule has 74 valence electrons. The van der Waals surface area contributed by atoms with Gasteiger partial charge in [-0.2, -0.15) is 0 Å². The van der Waals surface area contributed by atoms with Crippen LogP contribution in [0.4, 0.5) is 0 Å². The van der Waals surface area contributed by atoms with Gasteiger partial charge >= 0.3 is 0 Å². The van der Waals surface area contributed by atoms with E-state index in [0.717, 1.165) is 17.7 Å². The molecule has 2 nitrogen and oxygen atoms in total. The SMILES string of the molecule is COc1cccc2c1C=NC(C)(C)C2. The van der Waals surface area contributed by atoms with E-state index in [1.165, 1.54) is 5.56 Å². The highest BCUT2D eigenvalue weighted by atomic mass is 16.5. The lowest BCUT2D eigenvalue weighted by atomic mass is 9.89. The lowest BCUT2D eigenvalue weighted by molar-refractivity contribution is 0.411. The summed E-state index contributed by atoms with van der Waals surface area (Å²) in [6.07, 6.45) is 2.91. The van der Waals surface area contributed by atoms with Crippen molar-refractivity contribution < 1.29 is 4.74 Å². The molecule has 0 aliphatic carbocycles. The summed E-state index contributed by atoms with van der Waals surface area (Å²) in [6.45, 7) is 4.29. The first-order valence-electron chi connectivity index (χ1n) is 4.83. The van der Waals surface area contributed by atoms with E-state index in [4.69, 9.17) is 4.74 Å². The van der Waals surface area contributed by atoms with Crippen LogP contribution in [0.15, 0.2) is 23.2 Å². The number of rotatable bonds is 1. The van der Waals surface area contributed by atoms with Crippen molar-refractivity contribution in [1.82, 2.24) is 0 Å². The highest BCUT2D eigenvalue weighted by Crippen LogP contribution is 2.29. The van der Waals surface area contributed by atoms with Crippen molar-refractivity contribution in [3.05, 3.63) is 29.3 Å². The minimum absolute atomic E-state index is 0.0271. The van der Waals surface area contributed by atoms with Gasteiger partial charge in [-0.05, 0) is 31.9 Å². The molecule has 0 amide bonds. The number of fused-ring (bicyclic) bond motifs is 1. The highest BCUT2D eigenvalue weighted by Gasteiger charge is 2.23. The maximum Gasteiger partial charge on any atom is 0.127 e. The van der Waals surface area contributed by atoms with Gasteiger partial charge in [0.1, 0.15) is 5.75 Å². The molecule has 0 N–H and O–H groups in total. The molecule has 0 saturated heterocycles. The van der Waals surface area contributed by atoms with E-state index in [1.54, 1.807) is 7.11 Å². The van der Waals surface area contributed by atoms with Crippen molar-refractivity contribution in [1.29, 1.82) is 0 Å². The molecular weight excluding hydrogens is 174 g/mol. The van der Waals surface area contributed by atoms with Crippen LogP contribution in [0.3, 0.4) is 0 Å². The van der Waals surface area contributed by atoms with Crippen LogP contribution < -0.4 is 4.74 Å². The monoisotopic (exact) mass is 189 g/mol. The zero-order chi connectivity index (χ0) is 10.2. The van der Waals surface area contributed by atoms with E-state index in [-0.39, 0.29) is 5.54 Å². The van der Waals surface area contributed by atoms with Gasteiger partial charge in [0.05, 0.1) is 12.6 Å². The fourth-order valence-electron chi connectivity index (χ4n) is 1.82. The Morgan fingerprint density at radius 3 is 2.86 bits per heavy atom. The molecule has 1 aliphatic rings. The average molecular weight is 189 g/mol. The van der Waals surface area contributed by atoms with Gasteiger partial charge in [0.15, 0.2) is 0 Å². The fraction of sp³-hybridized carbons (Fsp3) is 0.417. The molecule has 14 heavy (non-hydrogen) atoms. The Balaban J connectivity index is 2.50. The maximum atomic E-state index is 5.29. The lowest BCUT2D eigenvalue weighted by Crippen LogP contribution is -2.25. The Bertz CT molecular complexity index is 380. The summed E-state index contributed by atoms with van der Waals surface area (Å²) in [4.78, 5) is 4.51. The predicted molar refractivity (Wildman–Crippen MR) is 58.4 cm³/mol. The average Bonchev–Trinajstić information content (AvgIpc) is 2.15. The van der Waals surface area contributed by atoms with E-state index in [0.29, 0.717) is 0 Å². The number of hydrogen-bond acceptors (Lipinski definition) is 2. The predicted octanol–water partition coefficient (Wildman–Crippen LogP) is 2.45. The van der Waals surface area contributed by atoms with Gasteiger partial charge in [-0.15, -0.1) is 0 Å². The highest BCUT2D eigenvalue weighted by molar-refractivity contribution is 5.87. The van der Waals surface area contributed by atoms with Gasteiger partial charge in [0.2, 0.25) is 0 Å². The Kier molecular flexibility index (Phi) is 2.06. The summed E-state index contributed by atoms with van der Waals surface area (Å²) in [7, 11) is 1.70. The summed E-state index contributed by atoms with van der Waals surface area (Å²) in [5.41, 5.74) is 2.48. The molecule has 0 atom stereocenters. The number of aliphatic imine (C=N–C) groups is 1. The van der Waals surface area contributed by atoms with Crippen molar-refractivity contribution >= 4 is 6.21 Å². The Labute approximate surface area is 84.6 Å². The van der Waals surface area contributed by atoms with Crippen LogP contribution in [0.25, 0.3) is 0 Å². The molecule has 0 bridgehead atoms. The number of hydrogen-bond donors (Lipinski definition) is 0. The quantitative estimate of drug-likeness (QED) is 0.665. The largest absolute Gasteiger partial charge is 0.496 e. The molecule has 2 rings (SSSR count). The van der Waals surface area contributed by atoms with Gasteiger partial charge < -0.3 is 4.74 Å². The Morgan fingerprint density at radius 1 is 1.36 bits per heavy atom. The minimum atomic E-state index is 0.0271. The fourth-order valence-corrected chi connectivity index (χ4v) is 1.82. The van der Waals surface area contributed by atoms with Crippen molar-refractivity contribution in [2.24, 2.45) is 4.99 Å². The van der Waals surface area contributed by atoms with Crippen molar-refractivity contribution in [2.45, 2.75) is 25.8 Å². The minimum Gasteiger partial charge on any atom is -0.496 e. The number of nitrogens with zero attached hydrogens (tertiary/aromatic N) is 1. The van der Waals surface area contributed by atoms with Gasteiger partial charge in [-0.1, -0.05) is 12.1 Å². The molecule has 1 aromatic rings. The number of benzene rings is 1. The summed E-state index contributed by atoms with van der Waals surface area (Å²) < 4.78 is 5.29. The third kappa shape index (κ3) is 1.52. The van der Waals surface area contributed by atoms with Crippen molar-refractivity contribution in [2.75, 3.05) is 7.11 Å². The summed E-state index contributed by atoms with van der Waals surface area (Å²) in [6, 6.07) is 6.15. The van der Waals surface area contributed by atoms with Crippen LogP contribution in [-0.2, 0) is 6.42 Å². The van der Waals surface area contributed by atoms with Crippen LogP contribution in [0.1, 0.15) is 25.0 Å². The Hall–Kier alpha value is -1.31. The molecule has 0 radical (unpaired) electrons. The third-order valence-electron chi connectivity index (χ3n) is 2.54. The van der Waals surface area contributed by atoms with E-state index >= 15 is 0 Å². The maximum absolute atomic E-state index is 5.29. The molecule has 0 unspecified atom stereocenters. The first-order chi connectivity index (χ1) is 6.62. The van der Waals surface area contributed by atoms with E-state index in [1.807, 2.05) is 18.3 Å². The van der Waals surface area contributed by atoms with Crippen LogP contribution in [0.5, 0.6) is 5.75 Å². The molecule has 2 heteroatoms. The first kappa shape index (κ1) is 9.25. The summed E-state index contributed by atoms with van der Waals surface area (Å²) in [5, 5.41) is 0. The van der Waals surface area contributed by atoms with Gasteiger partial charge in [0.25, 0.3) is 0 Å². The van der Waals surface area contributed by atoms with E-state index in [9.17, 15) is 0 Å². The number of methoxy groups -OCH3 is 1. The molecule has 1 heterocycles. The van der Waals surface area contributed by atoms with Crippen LogP contribution in [0.2, 0.25) is 0 Å². The molecule has 0 saturated carbocycles. The molecule has 0 spiro atoms. The molecule has 0 aromatic heterocycles. The van der Waals surface area contributed by atoms with Crippen molar-refractivity contribution in [3.8, 4) is 5.75 Å². The third-order valence-corrected chi connectivity index (χ3v) is 2.54. The zero-order valence-electron chi connectivity index (χ0n) is 8.87. The Morgan fingerprint density at radius 2 is 2.14 bits per heavy atom. The van der Waals surface area contributed by atoms with Crippen molar-refractivity contribution in [3.63, 3.8) is 0 Å². The van der Waals surface area contributed by atoms with Crippen LogP contribution in [0, 0.1) is 0 Å². The standard InChI is InChI=1S/C12H15NO/c1-12(2)7-9-5-4-6-11(14-3)10(9)8-13-12/h4-6,8H,7H2,1-3H3. The smallest absolute Gasteiger partial charge is 0.127 e. The van der Waals surface area contributed by atoms with Gasteiger partial charge in [-0.25, -0.2) is 0 Å². The lowest BCUT2D eigenvalue weighted by Gasteiger charge is -2.25. The second-order valence-electron chi connectivity index (χ2n) is 4.28. The normalized spacial score (nSPS) is 17.6. The zero-order valence-corrected chi connectivity index (χ0v) is 8.87.